The van der Waals surface area contributed by atoms with Gasteiger partial charge in [0.25, 0.3) is 0 Å². The van der Waals surface area contributed by atoms with Crippen molar-refractivity contribution < 1.29 is 9.59 Å². The molecule has 7 nitrogen and oxygen atoms in total. The monoisotopic (exact) mass is 367 g/mol. The molecule has 0 radical (unpaired) electrons. The lowest BCUT2D eigenvalue weighted by Crippen LogP contribution is -2.49. The lowest BCUT2D eigenvalue weighted by atomic mass is 10.0. The number of nitrogens with one attached hydrogen (secondary N) is 1. The Labute approximate surface area is 158 Å². The average molecular weight is 367 g/mol. The van der Waals surface area contributed by atoms with Crippen LogP contribution >= 0.6 is 0 Å². The molecule has 0 bridgehead atoms. The minimum atomic E-state index is -0.0302. The fourth-order valence-electron chi connectivity index (χ4n) is 3.91. The summed E-state index contributed by atoms with van der Waals surface area (Å²) in [6, 6.07) is 10.2. The van der Waals surface area contributed by atoms with Gasteiger partial charge in [0.1, 0.15) is 0 Å². The minimum Gasteiger partial charge on any atom is -0.340 e. The molecule has 0 aliphatic carbocycles. The number of likely N-dealkylation sites (tertiary alicyclic amines) is 2. The summed E-state index contributed by atoms with van der Waals surface area (Å²) in [7, 11) is 0. The number of rotatable bonds is 4. The van der Waals surface area contributed by atoms with E-state index >= 15 is 0 Å². The smallest absolute Gasteiger partial charge is 0.317 e. The van der Waals surface area contributed by atoms with Crippen molar-refractivity contribution >= 4 is 11.9 Å². The summed E-state index contributed by atoms with van der Waals surface area (Å²) in [6.45, 7) is 2.80. The number of benzene rings is 1. The van der Waals surface area contributed by atoms with Crippen LogP contribution in [0.1, 0.15) is 31.2 Å². The second-order valence-corrected chi connectivity index (χ2v) is 7.18. The van der Waals surface area contributed by atoms with Crippen molar-refractivity contribution in [2.45, 2.75) is 38.3 Å². The SMILES string of the molecule is O=C(NCc1ccc(-n2cccn2)cc1)N1CCC(N2CCCC2=O)CC1. The van der Waals surface area contributed by atoms with Gasteiger partial charge in [0, 0.05) is 51.0 Å². The van der Waals surface area contributed by atoms with Crippen molar-refractivity contribution in [3.63, 3.8) is 0 Å². The molecule has 3 amide bonds. The van der Waals surface area contributed by atoms with Crippen molar-refractivity contribution in [2.24, 2.45) is 0 Å². The average Bonchev–Trinajstić information content (AvgIpc) is 3.38. The molecule has 4 rings (SSSR count). The summed E-state index contributed by atoms with van der Waals surface area (Å²) in [5, 5.41) is 7.21. The van der Waals surface area contributed by atoms with Crippen molar-refractivity contribution in [1.82, 2.24) is 24.9 Å². The lowest BCUT2D eigenvalue weighted by Gasteiger charge is -2.36. The van der Waals surface area contributed by atoms with Crippen molar-refractivity contribution in [2.75, 3.05) is 19.6 Å². The van der Waals surface area contributed by atoms with Crippen LogP contribution in [0.5, 0.6) is 0 Å². The van der Waals surface area contributed by atoms with Crippen LogP contribution in [-0.2, 0) is 11.3 Å². The van der Waals surface area contributed by atoms with Gasteiger partial charge in [-0.05, 0) is 43.0 Å². The van der Waals surface area contributed by atoms with Crippen LogP contribution in [-0.4, -0.2) is 57.2 Å². The van der Waals surface area contributed by atoms with E-state index in [1.165, 1.54) is 0 Å². The van der Waals surface area contributed by atoms with Gasteiger partial charge in [0.05, 0.1) is 5.69 Å². The number of nitrogens with zero attached hydrogens (tertiary/aromatic N) is 4. The highest BCUT2D eigenvalue weighted by Crippen LogP contribution is 2.22. The highest BCUT2D eigenvalue weighted by Gasteiger charge is 2.31. The van der Waals surface area contributed by atoms with Crippen LogP contribution in [0.15, 0.2) is 42.7 Å². The molecule has 1 aromatic carbocycles. The van der Waals surface area contributed by atoms with E-state index in [4.69, 9.17) is 0 Å². The van der Waals surface area contributed by atoms with Gasteiger partial charge in [-0.15, -0.1) is 0 Å². The van der Waals surface area contributed by atoms with Crippen LogP contribution in [0.3, 0.4) is 0 Å². The largest absolute Gasteiger partial charge is 0.340 e. The number of carbonyl (C=O) groups excluding carboxylic acids is 2. The Morgan fingerprint density at radius 1 is 1.15 bits per heavy atom. The molecule has 0 saturated carbocycles. The van der Waals surface area contributed by atoms with Crippen LogP contribution in [0, 0.1) is 0 Å². The maximum atomic E-state index is 12.4. The molecule has 0 atom stereocenters. The highest BCUT2D eigenvalue weighted by atomic mass is 16.2. The third-order valence-electron chi connectivity index (χ3n) is 5.45. The van der Waals surface area contributed by atoms with E-state index in [0.717, 1.165) is 37.1 Å². The number of piperidine rings is 1. The summed E-state index contributed by atoms with van der Waals surface area (Å²) >= 11 is 0. The summed E-state index contributed by atoms with van der Waals surface area (Å²) in [6.07, 6.45) is 7.04. The Morgan fingerprint density at radius 2 is 1.93 bits per heavy atom. The maximum absolute atomic E-state index is 12.4. The van der Waals surface area contributed by atoms with Crippen molar-refractivity contribution in [3.8, 4) is 5.69 Å². The van der Waals surface area contributed by atoms with E-state index in [0.29, 0.717) is 32.1 Å². The number of carbonyl (C=O) groups is 2. The van der Waals surface area contributed by atoms with Crippen molar-refractivity contribution in [3.05, 3.63) is 48.3 Å². The molecule has 0 spiro atoms. The molecular weight excluding hydrogens is 342 g/mol. The number of aromatic nitrogens is 2. The number of urea groups is 1. The summed E-state index contributed by atoms with van der Waals surface area (Å²) in [5.74, 6) is 0.275. The molecule has 2 saturated heterocycles. The van der Waals surface area contributed by atoms with E-state index in [1.807, 2.05) is 46.3 Å². The topological polar surface area (TPSA) is 70.5 Å². The number of amides is 3. The van der Waals surface area contributed by atoms with Crippen LogP contribution < -0.4 is 5.32 Å². The zero-order valence-electron chi connectivity index (χ0n) is 15.4. The van der Waals surface area contributed by atoms with Gasteiger partial charge in [0.2, 0.25) is 5.91 Å². The first kappa shape index (κ1) is 17.6. The second kappa shape index (κ2) is 7.82. The Bertz CT molecular complexity index is 779. The molecule has 2 fully saturated rings. The Morgan fingerprint density at radius 3 is 2.56 bits per heavy atom. The molecule has 0 unspecified atom stereocenters. The number of hydrogen-bond donors (Lipinski definition) is 1. The molecule has 2 aliphatic rings. The van der Waals surface area contributed by atoms with Gasteiger partial charge >= 0.3 is 6.03 Å². The normalized spacial score (nSPS) is 18.1. The molecule has 142 valence electrons. The minimum absolute atomic E-state index is 0.0302. The third kappa shape index (κ3) is 3.97. The van der Waals surface area contributed by atoms with Gasteiger partial charge in [-0.25, -0.2) is 9.48 Å². The Kier molecular flexibility index (Phi) is 5.09. The maximum Gasteiger partial charge on any atom is 0.317 e. The molecule has 27 heavy (non-hydrogen) atoms. The van der Waals surface area contributed by atoms with E-state index in [1.54, 1.807) is 10.9 Å². The zero-order valence-corrected chi connectivity index (χ0v) is 15.4. The van der Waals surface area contributed by atoms with Gasteiger partial charge in [-0.3, -0.25) is 4.79 Å². The molecule has 2 aromatic rings. The quantitative estimate of drug-likeness (QED) is 0.900. The molecule has 1 N–H and O–H groups in total. The fraction of sp³-hybridized carbons (Fsp3) is 0.450. The first-order valence-corrected chi connectivity index (χ1v) is 9.62. The first-order valence-electron chi connectivity index (χ1n) is 9.62. The Hall–Kier alpha value is -2.83. The predicted octanol–water partition coefficient (Wildman–Crippen LogP) is 2.17. The van der Waals surface area contributed by atoms with Gasteiger partial charge in [-0.2, -0.15) is 5.10 Å². The molecule has 2 aliphatic heterocycles. The predicted molar refractivity (Wildman–Crippen MR) is 101 cm³/mol. The van der Waals surface area contributed by atoms with E-state index < -0.39 is 0 Å². The summed E-state index contributed by atoms with van der Waals surface area (Å²) < 4.78 is 1.80. The van der Waals surface area contributed by atoms with E-state index in [2.05, 4.69) is 10.4 Å². The zero-order chi connectivity index (χ0) is 18.6. The summed E-state index contributed by atoms with van der Waals surface area (Å²) in [5.41, 5.74) is 2.05. The second-order valence-electron chi connectivity index (χ2n) is 7.18. The van der Waals surface area contributed by atoms with Gasteiger partial charge < -0.3 is 15.1 Å². The highest BCUT2D eigenvalue weighted by molar-refractivity contribution is 5.78. The number of hydrogen-bond acceptors (Lipinski definition) is 3. The first-order chi connectivity index (χ1) is 13.2. The van der Waals surface area contributed by atoms with Crippen LogP contribution in [0.4, 0.5) is 4.79 Å². The third-order valence-corrected chi connectivity index (χ3v) is 5.45. The van der Waals surface area contributed by atoms with Gasteiger partial charge in [-0.1, -0.05) is 12.1 Å². The van der Waals surface area contributed by atoms with Gasteiger partial charge in [0.15, 0.2) is 0 Å². The fourth-order valence-corrected chi connectivity index (χ4v) is 3.91. The molecule has 7 heteroatoms. The van der Waals surface area contributed by atoms with Crippen LogP contribution in [0.2, 0.25) is 0 Å². The Balaban J connectivity index is 1.24. The van der Waals surface area contributed by atoms with E-state index in [-0.39, 0.29) is 11.9 Å². The molecule has 3 heterocycles. The van der Waals surface area contributed by atoms with Crippen LogP contribution in [0.25, 0.3) is 5.69 Å². The molecular formula is C20H25N5O2. The molecule has 1 aromatic heterocycles. The standard InChI is InChI=1S/C20H25N5O2/c26-19-3-1-11-24(19)17-8-13-23(14-9-17)20(27)21-15-16-4-6-18(7-5-16)25-12-2-10-22-25/h2,4-7,10,12,17H,1,3,8-9,11,13-15H2,(H,21,27). The lowest BCUT2D eigenvalue weighted by molar-refractivity contribution is -0.130. The van der Waals surface area contributed by atoms with E-state index in [9.17, 15) is 9.59 Å². The van der Waals surface area contributed by atoms with Crippen molar-refractivity contribution in [1.29, 1.82) is 0 Å². The summed E-state index contributed by atoms with van der Waals surface area (Å²) in [4.78, 5) is 28.2.